The Labute approximate surface area is 98.2 Å². The van der Waals surface area contributed by atoms with Crippen molar-refractivity contribution in [2.45, 2.75) is 51.2 Å². The fourth-order valence-electron chi connectivity index (χ4n) is 2.38. The van der Waals surface area contributed by atoms with Gasteiger partial charge in [0.15, 0.2) is 0 Å². The minimum absolute atomic E-state index is 0.407. The summed E-state index contributed by atoms with van der Waals surface area (Å²) in [7, 11) is 0. The third kappa shape index (κ3) is 3.32. The van der Waals surface area contributed by atoms with Crippen LogP contribution in [0.15, 0.2) is 24.3 Å². The van der Waals surface area contributed by atoms with Crippen LogP contribution in [0, 0.1) is 6.92 Å². The number of hydrogen-bond donors (Lipinski definition) is 2. The van der Waals surface area contributed by atoms with E-state index in [0.29, 0.717) is 12.1 Å². The number of hydrogen-bond acceptors (Lipinski definition) is 2. The molecule has 16 heavy (non-hydrogen) atoms. The van der Waals surface area contributed by atoms with Gasteiger partial charge in [-0.05, 0) is 31.7 Å². The zero-order valence-electron chi connectivity index (χ0n) is 10.1. The van der Waals surface area contributed by atoms with Crippen LogP contribution in [0.1, 0.15) is 36.8 Å². The van der Waals surface area contributed by atoms with Crippen LogP contribution in [0.5, 0.6) is 0 Å². The molecule has 1 aromatic carbocycles. The predicted octanol–water partition coefficient (Wildman–Crippen LogP) is 2.35. The lowest BCUT2D eigenvalue weighted by Gasteiger charge is -2.27. The van der Waals surface area contributed by atoms with E-state index in [1.807, 2.05) is 0 Å². The Bertz CT molecular complexity index is 318. The first-order valence-electron chi connectivity index (χ1n) is 6.28. The molecule has 0 radical (unpaired) electrons. The van der Waals surface area contributed by atoms with Crippen molar-refractivity contribution in [3.63, 3.8) is 0 Å². The molecule has 0 aliphatic heterocycles. The van der Waals surface area contributed by atoms with E-state index in [2.05, 4.69) is 36.5 Å². The van der Waals surface area contributed by atoms with Crippen LogP contribution >= 0.6 is 0 Å². The highest BCUT2D eigenvalue weighted by Gasteiger charge is 2.18. The average molecular weight is 218 g/mol. The van der Waals surface area contributed by atoms with Gasteiger partial charge in [-0.3, -0.25) is 0 Å². The highest BCUT2D eigenvalue weighted by molar-refractivity contribution is 5.21. The molecule has 2 rings (SSSR count). The molecular formula is C14H22N2. The van der Waals surface area contributed by atoms with Gasteiger partial charge in [-0.1, -0.05) is 36.2 Å². The minimum atomic E-state index is 0.407. The summed E-state index contributed by atoms with van der Waals surface area (Å²) in [6, 6.07) is 9.76. The van der Waals surface area contributed by atoms with Gasteiger partial charge in [0, 0.05) is 18.6 Å². The van der Waals surface area contributed by atoms with E-state index in [1.165, 1.54) is 30.4 Å². The van der Waals surface area contributed by atoms with Gasteiger partial charge in [0.2, 0.25) is 0 Å². The van der Waals surface area contributed by atoms with Crippen LogP contribution in [-0.4, -0.2) is 12.1 Å². The summed E-state index contributed by atoms with van der Waals surface area (Å²) in [5.74, 6) is 0. The van der Waals surface area contributed by atoms with Crippen molar-refractivity contribution in [3.8, 4) is 0 Å². The summed E-state index contributed by atoms with van der Waals surface area (Å²) in [5.41, 5.74) is 8.66. The van der Waals surface area contributed by atoms with Gasteiger partial charge in [-0.2, -0.15) is 0 Å². The second-order valence-corrected chi connectivity index (χ2v) is 4.99. The van der Waals surface area contributed by atoms with Gasteiger partial charge < -0.3 is 11.1 Å². The van der Waals surface area contributed by atoms with E-state index in [9.17, 15) is 0 Å². The van der Waals surface area contributed by atoms with Crippen LogP contribution in [0.2, 0.25) is 0 Å². The van der Waals surface area contributed by atoms with Crippen molar-refractivity contribution in [1.29, 1.82) is 0 Å². The summed E-state index contributed by atoms with van der Waals surface area (Å²) in [5, 5.41) is 3.61. The minimum Gasteiger partial charge on any atom is -0.328 e. The van der Waals surface area contributed by atoms with Crippen LogP contribution in [0.4, 0.5) is 0 Å². The molecule has 2 unspecified atom stereocenters. The maximum Gasteiger partial charge on any atom is 0.0208 e. The molecule has 0 heterocycles. The molecule has 0 spiro atoms. The molecule has 2 atom stereocenters. The van der Waals surface area contributed by atoms with Crippen molar-refractivity contribution in [3.05, 3.63) is 35.4 Å². The van der Waals surface area contributed by atoms with E-state index in [1.54, 1.807) is 0 Å². The Hall–Kier alpha value is -0.860. The summed E-state index contributed by atoms with van der Waals surface area (Å²) >= 11 is 0. The standard InChI is InChI=1S/C14H22N2/c1-11-5-7-12(8-6-11)10-16-14-4-2-3-13(15)9-14/h5-8,13-14,16H,2-4,9-10,15H2,1H3. The van der Waals surface area contributed by atoms with Crippen LogP contribution in [0.3, 0.4) is 0 Å². The molecule has 1 saturated carbocycles. The lowest BCUT2D eigenvalue weighted by molar-refractivity contribution is 0.338. The van der Waals surface area contributed by atoms with Crippen molar-refractivity contribution in [2.75, 3.05) is 0 Å². The molecule has 1 fully saturated rings. The molecule has 0 aromatic heterocycles. The zero-order valence-corrected chi connectivity index (χ0v) is 10.1. The monoisotopic (exact) mass is 218 g/mol. The first-order valence-corrected chi connectivity index (χ1v) is 6.28. The molecule has 1 aromatic rings. The van der Waals surface area contributed by atoms with Crippen molar-refractivity contribution in [2.24, 2.45) is 5.73 Å². The Morgan fingerprint density at radius 1 is 1.25 bits per heavy atom. The first kappa shape index (κ1) is 11.6. The molecule has 0 bridgehead atoms. The van der Waals surface area contributed by atoms with Gasteiger partial charge in [-0.15, -0.1) is 0 Å². The maximum atomic E-state index is 5.97. The first-order chi connectivity index (χ1) is 7.74. The van der Waals surface area contributed by atoms with Gasteiger partial charge in [-0.25, -0.2) is 0 Å². The van der Waals surface area contributed by atoms with E-state index in [4.69, 9.17) is 5.73 Å². The molecule has 2 nitrogen and oxygen atoms in total. The number of nitrogens with two attached hydrogens (primary N) is 1. The average Bonchev–Trinajstić information content (AvgIpc) is 2.28. The molecule has 2 heteroatoms. The van der Waals surface area contributed by atoms with Gasteiger partial charge in [0.05, 0.1) is 0 Å². The van der Waals surface area contributed by atoms with Gasteiger partial charge in [0.1, 0.15) is 0 Å². The number of benzene rings is 1. The normalized spacial score (nSPS) is 25.6. The zero-order chi connectivity index (χ0) is 11.4. The van der Waals surface area contributed by atoms with Crippen LogP contribution in [0.25, 0.3) is 0 Å². The fraction of sp³-hybridized carbons (Fsp3) is 0.571. The highest BCUT2D eigenvalue weighted by Crippen LogP contribution is 2.17. The second kappa shape index (κ2) is 5.46. The van der Waals surface area contributed by atoms with E-state index < -0.39 is 0 Å². The SMILES string of the molecule is Cc1ccc(CNC2CCCC(N)C2)cc1. The number of rotatable bonds is 3. The molecular weight excluding hydrogens is 196 g/mol. The highest BCUT2D eigenvalue weighted by atomic mass is 14.9. The fourth-order valence-corrected chi connectivity index (χ4v) is 2.38. The molecule has 88 valence electrons. The van der Waals surface area contributed by atoms with Crippen molar-refractivity contribution < 1.29 is 0 Å². The quantitative estimate of drug-likeness (QED) is 0.817. The number of nitrogens with one attached hydrogen (secondary N) is 1. The summed E-state index contributed by atoms with van der Waals surface area (Å²) in [6.07, 6.45) is 4.88. The van der Waals surface area contributed by atoms with Crippen molar-refractivity contribution >= 4 is 0 Å². The Morgan fingerprint density at radius 3 is 2.69 bits per heavy atom. The molecule has 0 amide bonds. The Kier molecular flexibility index (Phi) is 3.97. The van der Waals surface area contributed by atoms with Gasteiger partial charge in [0.25, 0.3) is 0 Å². The molecule has 1 aliphatic carbocycles. The van der Waals surface area contributed by atoms with Crippen molar-refractivity contribution in [1.82, 2.24) is 5.32 Å². The second-order valence-electron chi connectivity index (χ2n) is 4.99. The summed E-state index contributed by atoms with van der Waals surface area (Å²) < 4.78 is 0. The molecule has 3 N–H and O–H groups in total. The number of aryl methyl sites for hydroxylation is 1. The van der Waals surface area contributed by atoms with Gasteiger partial charge >= 0.3 is 0 Å². The van der Waals surface area contributed by atoms with E-state index in [-0.39, 0.29) is 0 Å². The van der Waals surface area contributed by atoms with Crippen LogP contribution < -0.4 is 11.1 Å². The topological polar surface area (TPSA) is 38.0 Å². The Morgan fingerprint density at radius 2 is 2.00 bits per heavy atom. The molecule has 0 saturated heterocycles. The predicted molar refractivity (Wildman–Crippen MR) is 68.3 cm³/mol. The summed E-state index contributed by atoms with van der Waals surface area (Å²) in [4.78, 5) is 0. The third-order valence-corrected chi connectivity index (χ3v) is 3.43. The smallest absolute Gasteiger partial charge is 0.0208 e. The molecule has 1 aliphatic rings. The van der Waals surface area contributed by atoms with Crippen LogP contribution in [-0.2, 0) is 6.54 Å². The lowest BCUT2D eigenvalue weighted by Crippen LogP contribution is -2.39. The third-order valence-electron chi connectivity index (χ3n) is 3.43. The summed E-state index contributed by atoms with van der Waals surface area (Å²) in [6.45, 7) is 3.09. The Balaban J connectivity index is 1.80. The largest absolute Gasteiger partial charge is 0.328 e. The lowest BCUT2D eigenvalue weighted by atomic mass is 9.91. The van der Waals surface area contributed by atoms with E-state index in [0.717, 1.165) is 13.0 Å². The van der Waals surface area contributed by atoms with E-state index >= 15 is 0 Å². The maximum absolute atomic E-state index is 5.97.